The summed E-state index contributed by atoms with van der Waals surface area (Å²) in [5, 5.41) is 12.1. The van der Waals surface area contributed by atoms with Crippen molar-refractivity contribution in [3.05, 3.63) is 96.1 Å². The largest absolute Gasteiger partial charge is 0.396 e. The second kappa shape index (κ2) is 8.06. The highest BCUT2D eigenvalue weighted by atomic mass is 31.1. The molecule has 2 heteroatoms. The third-order valence-electron chi connectivity index (χ3n) is 3.96. The minimum absolute atomic E-state index is 0.200. The molecule has 0 spiro atoms. The van der Waals surface area contributed by atoms with E-state index in [-0.39, 0.29) is 6.61 Å². The van der Waals surface area contributed by atoms with Crippen LogP contribution in [0.3, 0.4) is 0 Å². The fourth-order valence-corrected chi connectivity index (χ4v) is 5.17. The molecule has 1 nitrogen and oxygen atoms in total. The molecule has 0 radical (unpaired) electrons. The zero-order valence-corrected chi connectivity index (χ0v) is 14.0. The van der Waals surface area contributed by atoms with Gasteiger partial charge in [0.2, 0.25) is 0 Å². The molecule has 0 aliphatic rings. The summed E-state index contributed by atoms with van der Waals surface area (Å²) < 4.78 is 0. The molecule has 0 bridgehead atoms. The maximum absolute atomic E-state index is 9.32. The summed E-state index contributed by atoms with van der Waals surface area (Å²) in [6.45, 7) is 0.200. The van der Waals surface area contributed by atoms with E-state index < -0.39 is 7.92 Å². The minimum atomic E-state index is -0.436. The maximum Gasteiger partial charge on any atom is 0.0471 e. The van der Waals surface area contributed by atoms with E-state index in [0.717, 1.165) is 12.6 Å². The van der Waals surface area contributed by atoms with Crippen LogP contribution in [0.4, 0.5) is 0 Å². The van der Waals surface area contributed by atoms with Gasteiger partial charge in [0, 0.05) is 12.8 Å². The Bertz CT molecular complexity index is 686. The Kier molecular flexibility index (Phi) is 5.58. The van der Waals surface area contributed by atoms with Gasteiger partial charge in [0.25, 0.3) is 0 Å². The summed E-state index contributed by atoms with van der Waals surface area (Å²) >= 11 is 0. The molecule has 3 aromatic rings. The Morgan fingerprint density at radius 1 is 0.609 bits per heavy atom. The summed E-state index contributed by atoms with van der Waals surface area (Å²) in [4.78, 5) is 0. The van der Waals surface area contributed by atoms with Gasteiger partial charge in [-0.25, -0.2) is 0 Å². The van der Waals surface area contributed by atoms with Gasteiger partial charge in [-0.05, 0) is 36.1 Å². The highest BCUT2D eigenvalue weighted by Gasteiger charge is 2.15. The Hall–Kier alpha value is -1.95. The van der Waals surface area contributed by atoms with Gasteiger partial charge in [-0.15, -0.1) is 0 Å². The first-order valence-corrected chi connectivity index (χ1v) is 9.46. The van der Waals surface area contributed by atoms with E-state index in [4.69, 9.17) is 0 Å². The number of rotatable bonds is 6. The lowest BCUT2D eigenvalue weighted by molar-refractivity contribution is 0.299. The molecule has 3 aromatic carbocycles. The van der Waals surface area contributed by atoms with Crippen molar-refractivity contribution in [2.75, 3.05) is 6.61 Å². The Morgan fingerprint density at radius 2 is 1.09 bits per heavy atom. The van der Waals surface area contributed by atoms with Crippen molar-refractivity contribution < 1.29 is 5.11 Å². The van der Waals surface area contributed by atoms with Gasteiger partial charge in [0.1, 0.15) is 0 Å². The lowest BCUT2D eigenvalue weighted by atomic mass is 10.1. The SMILES string of the molecule is OCCc1ccccc1CP(c1ccccc1)c1ccccc1. The highest BCUT2D eigenvalue weighted by molar-refractivity contribution is 7.72. The Labute approximate surface area is 139 Å². The molecule has 0 saturated carbocycles. The average molecular weight is 320 g/mol. The van der Waals surface area contributed by atoms with Crippen LogP contribution in [0.1, 0.15) is 11.1 Å². The number of hydrogen-bond acceptors (Lipinski definition) is 1. The molecular formula is C21H21OP. The van der Waals surface area contributed by atoms with Crippen LogP contribution in [0.5, 0.6) is 0 Å². The monoisotopic (exact) mass is 320 g/mol. The van der Waals surface area contributed by atoms with Gasteiger partial charge < -0.3 is 5.11 Å². The van der Waals surface area contributed by atoms with Gasteiger partial charge in [-0.3, -0.25) is 0 Å². The number of aliphatic hydroxyl groups excluding tert-OH is 1. The van der Waals surface area contributed by atoms with Crippen LogP contribution in [-0.4, -0.2) is 11.7 Å². The van der Waals surface area contributed by atoms with Crippen molar-refractivity contribution in [1.29, 1.82) is 0 Å². The molecule has 3 rings (SSSR count). The topological polar surface area (TPSA) is 20.2 Å². The van der Waals surface area contributed by atoms with Crippen LogP contribution >= 0.6 is 7.92 Å². The number of aliphatic hydroxyl groups is 1. The Morgan fingerprint density at radius 3 is 1.61 bits per heavy atom. The maximum atomic E-state index is 9.32. The third-order valence-corrected chi connectivity index (χ3v) is 6.46. The highest BCUT2D eigenvalue weighted by Crippen LogP contribution is 2.38. The molecule has 0 atom stereocenters. The second-order valence-electron chi connectivity index (χ2n) is 5.50. The van der Waals surface area contributed by atoms with Gasteiger partial charge >= 0.3 is 0 Å². The number of benzene rings is 3. The van der Waals surface area contributed by atoms with Gasteiger partial charge in [-0.2, -0.15) is 0 Å². The first kappa shape index (κ1) is 15.9. The quantitative estimate of drug-likeness (QED) is 0.684. The molecule has 0 fully saturated rings. The fraction of sp³-hybridized carbons (Fsp3) is 0.143. The van der Waals surface area contributed by atoms with Crippen molar-refractivity contribution in [2.45, 2.75) is 12.6 Å². The van der Waals surface area contributed by atoms with Gasteiger partial charge in [0.05, 0.1) is 0 Å². The minimum Gasteiger partial charge on any atom is -0.396 e. The van der Waals surface area contributed by atoms with Crippen LogP contribution in [0.15, 0.2) is 84.9 Å². The fourth-order valence-electron chi connectivity index (χ4n) is 2.79. The average Bonchev–Trinajstić information content (AvgIpc) is 2.63. The van der Waals surface area contributed by atoms with Crippen LogP contribution in [0.25, 0.3) is 0 Å². The van der Waals surface area contributed by atoms with E-state index >= 15 is 0 Å². The zero-order chi connectivity index (χ0) is 15.9. The molecule has 0 aliphatic heterocycles. The van der Waals surface area contributed by atoms with E-state index in [1.54, 1.807) is 0 Å². The normalized spacial score (nSPS) is 10.9. The van der Waals surface area contributed by atoms with E-state index in [1.165, 1.54) is 21.7 Å². The first-order valence-electron chi connectivity index (χ1n) is 7.94. The molecule has 0 unspecified atom stereocenters. The number of hydrogen-bond donors (Lipinski definition) is 1. The summed E-state index contributed by atoms with van der Waals surface area (Å²) in [5.74, 6) is 0. The molecule has 0 heterocycles. The van der Waals surface area contributed by atoms with Crippen molar-refractivity contribution in [3.63, 3.8) is 0 Å². The molecule has 1 N–H and O–H groups in total. The van der Waals surface area contributed by atoms with E-state index in [1.807, 2.05) is 0 Å². The second-order valence-corrected chi connectivity index (χ2v) is 7.70. The van der Waals surface area contributed by atoms with Crippen LogP contribution in [0.2, 0.25) is 0 Å². The van der Waals surface area contributed by atoms with Gasteiger partial charge in [0.15, 0.2) is 0 Å². The summed E-state index contributed by atoms with van der Waals surface area (Å²) in [6.07, 6.45) is 1.74. The smallest absolute Gasteiger partial charge is 0.0471 e. The summed E-state index contributed by atoms with van der Waals surface area (Å²) in [6, 6.07) is 30.0. The van der Waals surface area contributed by atoms with E-state index in [0.29, 0.717) is 0 Å². The van der Waals surface area contributed by atoms with Crippen molar-refractivity contribution in [1.82, 2.24) is 0 Å². The van der Waals surface area contributed by atoms with Crippen molar-refractivity contribution in [3.8, 4) is 0 Å². The van der Waals surface area contributed by atoms with Crippen LogP contribution in [0, 0.1) is 0 Å². The standard InChI is InChI=1S/C21H21OP/c22-16-15-18-9-7-8-10-19(18)17-23(20-11-3-1-4-12-20)21-13-5-2-6-14-21/h1-14,22H,15-17H2. The molecule has 0 amide bonds. The molecule has 0 saturated heterocycles. The van der Waals surface area contributed by atoms with Crippen LogP contribution in [-0.2, 0) is 12.6 Å². The van der Waals surface area contributed by atoms with Gasteiger partial charge in [-0.1, -0.05) is 84.9 Å². The summed E-state index contributed by atoms with van der Waals surface area (Å²) in [7, 11) is -0.436. The lowest BCUT2D eigenvalue weighted by Gasteiger charge is -2.20. The van der Waals surface area contributed by atoms with Crippen molar-refractivity contribution >= 4 is 18.5 Å². The predicted molar refractivity (Wildman–Crippen MR) is 100 cm³/mol. The molecule has 0 aliphatic carbocycles. The zero-order valence-electron chi connectivity index (χ0n) is 13.1. The third kappa shape index (κ3) is 4.07. The summed E-state index contributed by atoms with van der Waals surface area (Å²) in [5.41, 5.74) is 2.61. The predicted octanol–water partition coefficient (Wildman–Crippen LogP) is 3.85. The van der Waals surface area contributed by atoms with E-state index in [2.05, 4.69) is 84.9 Å². The molecule has 116 valence electrons. The first-order chi connectivity index (χ1) is 11.4. The van der Waals surface area contributed by atoms with E-state index in [9.17, 15) is 5.11 Å². The molecular weight excluding hydrogens is 299 g/mol. The van der Waals surface area contributed by atoms with Crippen LogP contribution < -0.4 is 10.6 Å². The molecule has 0 aromatic heterocycles. The Balaban J connectivity index is 1.97. The molecule has 23 heavy (non-hydrogen) atoms. The lowest BCUT2D eigenvalue weighted by Crippen LogP contribution is -2.13. The van der Waals surface area contributed by atoms with Crippen molar-refractivity contribution in [2.24, 2.45) is 0 Å².